The van der Waals surface area contributed by atoms with Crippen molar-refractivity contribution < 1.29 is 9.18 Å². The fourth-order valence-corrected chi connectivity index (χ4v) is 3.41. The minimum Gasteiger partial charge on any atom is -0.338 e. The van der Waals surface area contributed by atoms with Gasteiger partial charge in [0.15, 0.2) is 0 Å². The molecule has 1 N–H and O–H groups in total. The van der Waals surface area contributed by atoms with Gasteiger partial charge in [0.25, 0.3) is 0 Å². The van der Waals surface area contributed by atoms with Gasteiger partial charge in [-0.1, -0.05) is 38.5 Å². The lowest BCUT2D eigenvalue weighted by Crippen LogP contribution is -2.37. The molecule has 24 heavy (non-hydrogen) atoms. The van der Waals surface area contributed by atoms with Crippen molar-refractivity contribution in [1.82, 2.24) is 10.2 Å². The Kier molecular flexibility index (Phi) is 7.70. The monoisotopic (exact) mass is 334 g/mol. The van der Waals surface area contributed by atoms with Gasteiger partial charge in [0.05, 0.1) is 0 Å². The van der Waals surface area contributed by atoms with Crippen LogP contribution in [0.25, 0.3) is 0 Å². The van der Waals surface area contributed by atoms with E-state index in [4.69, 9.17) is 0 Å². The molecule has 0 radical (unpaired) electrons. The number of hydrogen-bond donors (Lipinski definition) is 1. The number of nitrogens with one attached hydrogen (secondary N) is 1. The van der Waals surface area contributed by atoms with Crippen LogP contribution in [0.1, 0.15) is 51.5 Å². The predicted octanol–water partition coefficient (Wildman–Crippen LogP) is 3.98. The molecule has 0 spiro atoms. The molecular weight excluding hydrogens is 303 g/mol. The van der Waals surface area contributed by atoms with E-state index in [9.17, 15) is 9.18 Å². The van der Waals surface area contributed by atoms with Crippen LogP contribution >= 0.6 is 0 Å². The van der Waals surface area contributed by atoms with Gasteiger partial charge in [-0.3, -0.25) is 4.79 Å². The SMILES string of the molecule is CCCCN(Cc1ccccc1F)C(=O)CC(C)C1CCCNC1. The molecule has 1 fully saturated rings. The summed E-state index contributed by atoms with van der Waals surface area (Å²) in [5.41, 5.74) is 0.605. The molecule has 2 unspecified atom stereocenters. The zero-order valence-electron chi connectivity index (χ0n) is 15.1. The maximum atomic E-state index is 13.9. The van der Waals surface area contributed by atoms with Gasteiger partial charge >= 0.3 is 0 Å². The Balaban J connectivity index is 1.97. The molecule has 2 rings (SSSR count). The smallest absolute Gasteiger partial charge is 0.223 e. The lowest BCUT2D eigenvalue weighted by molar-refractivity contribution is -0.133. The number of hydrogen-bond acceptors (Lipinski definition) is 2. The predicted molar refractivity (Wildman–Crippen MR) is 96.1 cm³/mol. The van der Waals surface area contributed by atoms with E-state index < -0.39 is 0 Å². The zero-order chi connectivity index (χ0) is 17.4. The highest BCUT2D eigenvalue weighted by Crippen LogP contribution is 2.24. The summed E-state index contributed by atoms with van der Waals surface area (Å²) in [5.74, 6) is 0.875. The molecule has 4 heteroatoms. The van der Waals surface area contributed by atoms with Gasteiger partial charge in [0.1, 0.15) is 5.82 Å². The molecule has 0 saturated carbocycles. The molecule has 1 saturated heterocycles. The number of halogens is 1. The number of rotatable bonds is 8. The first-order valence-electron chi connectivity index (χ1n) is 9.33. The highest BCUT2D eigenvalue weighted by atomic mass is 19.1. The Morgan fingerprint density at radius 1 is 1.42 bits per heavy atom. The van der Waals surface area contributed by atoms with Crippen LogP contribution in [0, 0.1) is 17.7 Å². The second-order valence-electron chi connectivity index (χ2n) is 7.05. The highest BCUT2D eigenvalue weighted by Gasteiger charge is 2.24. The van der Waals surface area contributed by atoms with Crippen molar-refractivity contribution in [2.45, 2.75) is 52.5 Å². The van der Waals surface area contributed by atoms with Gasteiger partial charge in [-0.05, 0) is 50.3 Å². The summed E-state index contributed by atoms with van der Waals surface area (Å²) >= 11 is 0. The molecule has 134 valence electrons. The Bertz CT molecular complexity index is 514. The van der Waals surface area contributed by atoms with Crippen LogP contribution in [0.3, 0.4) is 0 Å². The molecule has 1 aromatic rings. The van der Waals surface area contributed by atoms with E-state index in [1.807, 2.05) is 11.0 Å². The molecule has 3 nitrogen and oxygen atoms in total. The van der Waals surface area contributed by atoms with Gasteiger partial charge in [0.2, 0.25) is 5.91 Å². The third-order valence-corrected chi connectivity index (χ3v) is 5.09. The molecular formula is C20H31FN2O. The van der Waals surface area contributed by atoms with E-state index in [-0.39, 0.29) is 11.7 Å². The number of amides is 1. The summed E-state index contributed by atoms with van der Waals surface area (Å²) in [6, 6.07) is 6.76. The third-order valence-electron chi connectivity index (χ3n) is 5.09. The van der Waals surface area contributed by atoms with Crippen LogP contribution in [0.4, 0.5) is 4.39 Å². The van der Waals surface area contributed by atoms with E-state index in [1.165, 1.54) is 18.9 Å². The number of nitrogens with zero attached hydrogens (tertiary/aromatic N) is 1. The summed E-state index contributed by atoms with van der Waals surface area (Å²) in [5, 5.41) is 3.43. The Hall–Kier alpha value is -1.42. The first kappa shape index (κ1) is 18.9. The van der Waals surface area contributed by atoms with Crippen molar-refractivity contribution in [3.63, 3.8) is 0 Å². The molecule has 1 aliphatic rings. The zero-order valence-corrected chi connectivity index (χ0v) is 15.1. The van der Waals surface area contributed by atoms with Gasteiger partial charge in [-0.15, -0.1) is 0 Å². The quantitative estimate of drug-likeness (QED) is 0.780. The average molecular weight is 334 g/mol. The Morgan fingerprint density at radius 3 is 2.88 bits per heavy atom. The van der Waals surface area contributed by atoms with Crippen molar-refractivity contribution in [3.8, 4) is 0 Å². The molecule has 0 aliphatic carbocycles. The molecule has 1 aromatic carbocycles. The fraction of sp³-hybridized carbons (Fsp3) is 0.650. The number of carbonyl (C=O) groups is 1. The van der Waals surface area contributed by atoms with Gasteiger partial charge in [-0.25, -0.2) is 4.39 Å². The highest BCUT2D eigenvalue weighted by molar-refractivity contribution is 5.76. The number of carbonyl (C=O) groups excluding carboxylic acids is 1. The van der Waals surface area contributed by atoms with E-state index in [0.29, 0.717) is 36.9 Å². The Morgan fingerprint density at radius 2 is 2.21 bits per heavy atom. The average Bonchev–Trinajstić information content (AvgIpc) is 2.60. The Labute approximate surface area is 145 Å². The topological polar surface area (TPSA) is 32.3 Å². The maximum Gasteiger partial charge on any atom is 0.223 e. The molecule has 1 aliphatic heterocycles. The first-order valence-corrected chi connectivity index (χ1v) is 9.33. The molecule has 0 aromatic heterocycles. The normalized spacial score (nSPS) is 19.0. The standard InChI is InChI=1S/C20H31FN2O/c1-3-4-12-23(15-18-8-5-6-10-19(18)21)20(24)13-16(2)17-9-7-11-22-14-17/h5-6,8,10,16-17,22H,3-4,7,9,11-15H2,1-2H3. The van der Waals surface area contributed by atoms with E-state index in [0.717, 1.165) is 25.9 Å². The summed E-state index contributed by atoms with van der Waals surface area (Å²) in [4.78, 5) is 14.6. The lowest BCUT2D eigenvalue weighted by Gasteiger charge is -2.30. The van der Waals surface area contributed by atoms with Crippen LogP contribution in [0.2, 0.25) is 0 Å². The summed E-state index contributed by atoms with van der Waals surface area (Å²) in [6.07, 6.45) is 4.94. The van der Waals surface area contributed by atoms with Crippen LogP contribution in [-0.4, -0.2) is 30.4 Å². The second kappa shape index (κ2) is 9.77. The molecule has 1 heterocycles. The van der Waals surface area contributed by atoms with Gasteiger partial charge in [-0.2, -0.15) is 0 Å². The number of piperidine rings is 1. The van der Waals surface area contributed by atoms with E-state index in [2.05, 4.69) is 19.2 Å². The summed E-state index contributed by atoms with van der Waals surface area (Å²) < 4.78 is 13.9. The van der Waals surface area contributed by atoms with Crippen molar-refractivity contribution in [3.05, 3.63) is 35.6 Å². The molecule has 2 atom stereocenters. The van der Waals surface area contributed by atoms with Gasteiger partial charge in [0, 0.05) is 25.1 Å². The largest absolute Gasteiger partial charge is 0.338 e. The lowest BCUT2D eigenvalue weighted by atomic mass is 9.85. The van der Waals surface area contributed by atoms with Gasteiger partial charge < -0.3 is 10.2 Å². The van der Waals surface area contributed by atoms with Crippen molar-refractivity contribution in [2.75, 3.05) is 19.6 Å². The second-order valence-corrected chi connectivity index (χ2v) is 7.05. The summed E-state index contributed by atoms with van der Waals surface area (Å²) in [7, 11) is 0. The minimum atomic E-state index is -0.226. The van der Waals surface area contributed by atoms with Crippen LogP contribution in [0.5, 0.6) is 0 Å². The minimum absolute atomic E-state index is 0.157. The van der Waals surface area contributed by atoms with Crippen LogP contribution in [0.15, 0.2) is 24.3 Å². The van der Waals surface area contributed by atoms with E-state index in [1.54, 1.807) is 12.1 Å². The molecule has 1 amide bonds. The first-order chi connectivity index (χ1) is 11.6. The van der Waals surface area contributed by atoms with Crippen LogP contribution < -0.4 is 5.32 Å². The van der Waals surface area contributed by atoms with Crippen molar-refractivity contribution >= 4 is 5.91 Å². The third kappa shape index (κ3) is 5.59. The van der Waals surface area contributed by atoms with Crippen LogP contribution in [-0.2, 0) is 11.3 Å². The fourth-order valence-electron chi connectivity index (χ4n) is 3.41. The number of unbranched alkanes of at least 4 members (excludes halogenated alkanes) is 1. The number of benzene rings is 1. The van der Waals surface area contributed by atoms with Crippen molar-refractivity contribution in [1.29, 1.82) is 0 Å². The maximum absolute atomic E-state index is 13.9. The molecule has 0 bridgehead atoms. The van der Waals surface area contributed by atoms with Crippen molar-refractivity contribution in [2.24, 2.45) is 11.8 Å². The summed E-state index contributed by atoms with van der Waals surface area (Å²) in [6.45, 7) is 7.48. The van der Waals surface area contributed by atoms with E-state index >= 15 is 0 Å².